The van der Waals surface area contributed by atoms with Crippen molar-refractivity contribution in [1.29, 1.82) is 0 Å². The molecule has 2 aromatic rings. The van der Waals surface area contributed by atoms with Crippen LogP contribution in [0.25, 0.3) is 6.08 Å². The van der Waals surface area contributed by atoms with Gasteiger partial charge in [-0.3, -0.25) is 19.3 Å². The molecule has 1 fully saturated rings. The number of benzene rings is 2. The molecule has 0 saturated carbocycles. The molecule has 0 spiro atoms. The van der Waals surface area contributed by atoms with Crippen LogP contribution in [0.15, 0.2) is 51.8 Å². The van der Waals surface area contributed by atoms with Crippen LogP contribution in [0.3, 0.4) is 0 Å². The maximum Gasteiger partial charge on any atom is 0.341 e. The monoisotopic (exact) mass is 520 g/mol. The lowest BCUT2D eigenvalue weighted by Gasteiger charge is -2.12. The van der Waals surface area contributed by atoms with E-state index in [1.54, 1.807) is 36.4 Å². The van der Waals surface area contributed by atoms with Crippen LogP contribution >= 0.6 is 27.7 Å². The van der Waals surface area contributed by atoms with E-state index in [2.05, 4.69) is 21.2 Å². The Morgan fingerprint density at radius 2 is 1.88 bits per heavy atom. The number of nitrogens with zero attached hydrogens (tertiary/aromatic N) is 1. The minimum atomic E-state index is -1.13. The predicted octanol–water partition coefficient (Wildman–Crippen LogP) is 3.60. The van der Waals surface area contributed by atoms with Crippen LogP contribution in [-0.2, 0) is 14.4 Å². The van der Waals surface area contributed by atoms with Crippen LogP contribution in [0.1, 0.15) is 5.56 Å². The van der Waals surface area contributed by atoms with E-state index in [0.29, 0.717) is 11.3 Å². The molecule has 0 atom stereocenters. The predicted molar refractivity (Wildman–Crippen MR) is 122 cm³/mol. The second-order valence-electron chi connectivity index (χ2n) is 6.42. The highest BCUT2D eigenvalue weighted by Gasteiger charge is 2.36. The number of amides is 3. The Morgan fingerprint density at radius 3 is 2.53 bits per heavy atom. The maximum absolute atomic E-state index is 12.7. The number of carbonyl (C=O) groups is 4. The van der Waals surface area contributed by atoms with E-state index in [0.717, 1.165) is 21.1 Å². The van der Waals surface area contributed by atoms with Crippen molar-refractivity contribution in [3.63, 3.8) is 0 Å². The number of carbonyl (C=O) groups excluding carboxylic acids is 3. The number of ether oxygens (including phenoxy) is 2. The van der Waals surface area contributed by atoms with Crippen LogP contribution in [0, 0.1) is 0 Å². The zero-order valence-corrected chi connectivity index (χ0v) is 19.1. The first-order chi connectivity index (χ1) is 15.3. The smallest absolute Gasteiger partial charge is 0.341 e. The number of anilines is 1. The van der Waals surface area contributed by atoms with Crippen molar-refractivity contribution in [3.8, 4) is 11.5 Å². The van der Waals surface area contributed by atoms with Gasteiger partial charge in [-0.2, -0.15) is 0 Å². The highest BCUT2D eigenvalue weighted by atomic mass is 79.9. The fraction of sp³-hybridized carbons (Fsp3) is 0.143. The number of rotatable bonds is 8. The topological polar surface area (TPSA) is 122 Å². The Bertz CT molecular complexity index is 1100. The molecule has 1 heterocycles. The normalized spacial score (nSPS) is 14.6. The van der Waals surface area contributed by atoms with Gasteiger partial charge in [0.15, 0.2) is 18.1 Å². The average molecular weight is 521 g/mol. The summed E-state index contributed by atoms with van der Waals surface area (Å²) in [6, 6.07) is 11.5. The first-order valence-corrected chi connectivity index (χ1v) is 10.7. The lowest BCUT2D eigenvalue weighted by atomic mass is 10.2. The lowest BCUT2D eigenvalue weighted by Crippen LogP contribution is -2.36. The third-order valence-electron chi connectivity index (χ3n) is 4.14. The number of carboxylic acids is 1. The Balaban J connectivity index is 1.70. The van der Waals surface area contributed by atoms with Crippen molar-refractivity contribution in [3.05, 3.63) is 57.4 Å². The van der Waals surface area contributed by atoms with E-state index in [-0.39, 0.29) is 16.4 Å². The summed E-state index contributed by atoms with van der Waals surface area (Å²) in [6.45, 7) is -0.944. The summed E-state index contributed by atoms with van der Waals surface area (Å²) in [4.78, 5) is 48.9. The first kappa shape index (κ1) is 23.4. The van der Waals surface area contributed by atoms with Crippen LogP contribution in [-0.4, -0.2) is 53.3 Å². The van der Waals surface area contributed by atoms with Crippen LogP contribution in [0.2, 0.25) is 0 Å². The van der Waals surface area contributed by atoms with E-state index in [1.807, 2.05) is 0 Å². The van der Waals surface area contributed by atoms with Crippen LogP contribution in [0.4, 0.5) is 10.5 Å². The van der Waals surface area contributed by atoms with E-state index in [1.165, 1.54) is 19.3 Å². The van der Waals surface area contributed by atoms with Gasteiger partial charge in [-0.25, -0.2) is 4.79 Å². The third kappa shape index (κ3) is 5.89. The molecular formula is C21H17BrN2O7S. The molecule has 0 aliphatic carbocycles. The Morgan fingerprint density at radius 1 is 1.16 bits per heavy atom. The van der Waals surface area contributed by atoms with E-state index in [9.17, 15) is 19.2 Å². The van der Waals surface area contributed by atoms with Gasteiger partial charge in [0.1, 0.15) is 6.54 Å². The minimum absolute atomic E-state index is 0.146. The maximum atomic E-state index is 12.7. The summed E-state index contributed by atoms with van der Waals surface area (Å²) in [5, 5.41) is 10.8. The molecule has 1 aliphatic rings. The zero-order valence-electron chi connectivity index (χ0n) is 16.7. The summed E-state index contributed by atoms with van der Waals surface area (Å²) in [5.74, 6) is -1.72. The molecule has 1 saturated heterocycles. The second kappa shape index (κ2) is 10.3. The molecule has 11 heteroatoms. The number of hydrogen-bond donors (Lipinski definition) is 2. The summed E-state index contributed by atoms with van der Waals surface area (Å²) in [7, 11) is 1.39. The fourth-order valence-corrected chi connectivity index (χ4v) is 3.80. The van der Waals surface area contributed by atoms with Crippen molar-refractivity contribution < 1.29 is 33.8 Å². The van der Waals surface area contributed by atoms with Gasteiger partial charge in [0.2, 0.25) is 5.91 Å². The number of hydrogen-bond acceptors (Lipinski definition) is 7. The standard InChI is InChI=1S/C21H17BrN2O7S/c1-30-16-8-12(2-7-15(16)31-11-19(26)27)9-17-20(28)24(21(29)32-17)10-18(25)23-14-5-3-13(22)4-6-14/h2-9H,10-11H2,1H3,(H,23,25)(H,26,27)/b17-9+. The van der Waals surface area contributed by atoms with E-state index in [4.69, 9.17) is 14.6 Å². The molecule has 0 radical (unpaired) electrons. The first-order valence-electron chi connectivity index (χ1n) is 9.10. The molecular weight excluding hydrogens is 504 g/mol. The summed E-state index contributed by atoms with van der Waals surface area (Å²) >= 11 is 4.02. The largest absolute Gasteiger partial charge is 0.493 e. The number of halogens is 1. The number of carboxylic acid groups (broad SMARTS) is 1. The molecule has 2 N–H and O–H groups in total. The van der Waals surface area contributed by atoms with Gasteiger partial charge in [-0.15, -0.1) is 0 Å². The van der Waals surface area contributed by atoms with Gasteiger partial charge in [0.05, 0.1) is 12.0 Å². The van der Waals surface area contributed by atoms with Gasteiger partial charge in [-0.1, -0.05) is 22.0 Å². The number of nitrogens with one attached hydrogen (secondary N) is 1. The van der Waals surface area contributed by atoms with Gasteiger partial charge < -0.3 is 19.9 Å². The lowest BCUT2D eigenvalue weighted by molar-refractivity contribution is -0.139. The number of methoxy groups -OCH3 is 1. The fourth-order valence-electron chi connectivity index (χ4n) is 2.70. The SMILES string of the molecule is COc1cc(/C=C2/SC(=O)N(CC(=O)Nc3ccc(Br)cc3)C2=O)ccc1OCC(=O)O. The van der Waals surface area contributed by atoms with Crippen molar-refractivity contribution in [2.75, 3.05) is 25.6 Å². The molecule has 3 rings (SSSR count). The molecule has 3 amide bonds. The molecule has 0 aromatic heterocycles. The van der Waals surface area contributed by atoms with E-state index < -0.39 is 36.2 Å². The highest BCUT2D eigenvalue weighted by molar-refractivity contribution is 9.10. The van der Waals surface area contributed by atoms with Gasteiger partial charge in [0.25, 0.3) is 11.1 Å². The molecule has 9 nitrogen and oxygen atoms in total. The van der Waals surface area contributed by atoms with Crippen LogP contribution < -0.4 is 14.8 Å². The number of imide groups is 1. The minimum Gasteiger partial charge on any atom is -0.493 e. The molecule has 1 aliphatic heterocycles. The van der Waals surface area contributed by atoms with Gasteiger partial charge in [-0.05, 0) is 59.8 Å². The second-order valence-corrected chi connectivity index (χ2v) is 8.32. The molecule has 32 heavy (non-hydrogen) atoms. The number of thioether (sulfide) groups is 1. The Labute approximate surface area is 195 Å². The average Bonchev–Trinajstić information content (AvgIpc) is 3.01. The van der Waals surface area contributed by atoms with Gasteiger partial charge in [0, 0.05) is 10.2 Å². The summed E-state index contributed by atoms with van der Waals surface area (Å²) < 4.78 is 11.2. The highest BCUT2D eigenvalue weighted by Crippen LogP contribution is 2.34. The number of aliphatic carboxylic acids is 1. The van der Waals surface area contributed by atoms with Crippen molar-refractivity contribution in [2.24, 2.45) is 0 Å². The third-order valence-corrected chi connectivity index (χ3v) is 5.58. The van der Waals surface area contributed by atoms with Gasteiger partial charge >= 0.3 is 5.97 Å². The molecule has 166 valence electrons. The van der Waals surface area contributed by atoms with Crippen molar-refractivity contribution >= 4 is 62.5 Å². The Kier molecular flexibility index (Phi) is 7.54. The summed E-state index contributed by atoms with van der Waals surface area (Å²) in [6.07, 6.45) is 1.49. The van der Waals surface area contributed by atoms with Crippen molar-refractivity contribution in [2.45, 2.75) is 0 Å². The molecule has 0 unspecified atom stereocenters. The van der Waals surface area contributed by atoms with E-state index >= 15 is 0 Å². The van der Waals surface area contributed by atoms with Crippen molar-refractivity contribution in [1.82, 2.24) is 4.90 Å². The Hall–Kier alpha value is -3.31. The summed E-state index contributed by atoms with van der Waals surface area (Å²) in [5.41, 5.74) is 1.08. The quantitative estimate of drug-likeness (QED) is 0.506. The molecule has 2 aromatic carbocycles. The van der Waals surface area contributed by atoms with Crippen LogP contribution in [0.5, 0.6) is 11.5 Å². The zero-order chi connectivity index (χ0) is 23.3. The molecule has 0 bridgehead atoms.